The average molecular weight is 449 g/mol. The van der Waals surface area contributed by atoms with Crippen LogP contribution in [-0.4, -0.2) is 39.9 Å². The number of nitrogens with zero attached hydrogens (tertiary/aromatic N) is 2. The van der Waals surface area contributed by atoms with Crippen LogP contribution in [0.3, 0.4) is 0 Å². The lowest BCUT2D eigenvalue weighted by Gasteiger charge is -2.31. The molecule has 0 aliphatic carbocycles. The van der Waals surface area contributed by atoms with Gasteiger partial charge in [-0.3, -0.25) is 9.36 Å². The highest BCUT2D eigenvalue weighted by Crippen LogP contribution is 2.30. The van der Waals surface area contributed by atoms with Gasteiger partial charge in [-0.15, -0.1) is 0 Å². The molecule has 1 N–H and O–H groups in total. The SMILES string of the molecule is O=C(c1ccc(F)cc1)C1CCN(CCCn2c(=O)[nH]c3cc(C(F)(F)F)ccc32)CC1. The fourth-order valence-corrected chi connectivity index (χ4v) is 4.28. The van der Waals surface area contributed by atoms with Gasteiger partial charge in [0.25, 0.3) is 0 Å². The first kappa shape index (κ1) is 22.3. The highest BCUT2D eigenvalue weighted by atomic mass is 19.4. The Bertz CT molecular complexity index is 1160. The summed E-state index contributed by atoms with van der Waals surface area (Å²) in [6.45, 7) is 2.60. The van der Waals surface area contributed by atoms with Gasteiger partial charge in [-0.2, -0.15) is 13.2 Å². The van der Waals surface area contributed by atoms with Gasteiger partial charge in [0, 0.05) is 18.0 Å². The van der Waals surface area contributed by atoms with Crippen LogP contribution in [0.15, 0.2) is 47.3 Å². The molecule has 1 saturated heterocycles. The van der Waals surface area contributed by atoms with Crippen molar-refractivity contribution >= 4 is 16.8 Å². The zero-order valence-corrected chi connectivity index (χ0v) is 17.3. The number of likely N-dealkylation sites (tertiary alicyclic amines) is 1. The third-order valence-electron chi connectivity index (χ3n) is 6.04. The van der Waals surface area contributed by atoms with Gasteiger partial charge in [-0.05, 0) is 81.4 Å². The van der Waals surface area contributed by atoms with Crippen molar-refractivity contribution in [2.75, 3.05) is 19.6 Å². The largest absolute Gasteiger partial charge is 0.416 e. The van der Waals surface area contributed by atoms with E-state index in [1.807, 2.05) is 0 Å². The van der Waals surface area contributed by atoms with Crippen LogP contribution in [0.5, 0.6) is 0 Å². The molecule has 0 unspecified atom stereocenters. The lowest BCUT2D eigenvalue weighted by Crippen LogP contribution is -2.37. The molecule has 0 spiro atoms. The van der Waals surface area contributed by atoms with Crippen LogP contribution < -0.4 is 5.69 Å². The molecule has 1 fully saturated rings. The maximum absolute atomic E-state index is 13.1. The molecule has 0 amide bonds. The second-order valence-electron chi connectivity index (χ2n) is 8.15. The first-order valence-electron chi connectivity index (χ1n) is 10.5. The summed E-state index contributed by atoms with van der Waals surface area (Å²) in [6.07, 6.45) is -2.38. The minimum atomic E-state index is -4.46. The number of aromatic nitrogens is 2. The minimum Gasteiger partial charge on any atom is -0.306 e. The third kappa shape index (κ3) is 4.77. The summed E-state index contributed by atoms with van der Waals surface area (Å²) in [6, 6.07) is 8.87. The van der Waals surface area contributed by atoms with Crippen LogP contribution in [0.25, 0.3) is 11.0 Å². The van der Waals surface area contributed by atoms with Crippen LogP contribution in [0.2, 0.25) is 0 Å². The lowest BCUT2D eigenvalue weighted by atomic mass is 9.89. The molecular weight excluding hydrogens is 426 g/mol. The van der Waals surface area contributed by atoms with Crippen molar-refractivity contribution in [2.45, 2.75) is 32.0 Å². The molecule has 3 aromatic rings. The van der Waals surface area contributed by atoms with Crippen LogP contribution in [-0.2, 0) is 12.7 Å². The van der Waals surface area contributed by atoms with E-state index >= 15 is 0 Å². The number of nitrogens with one attached hydrogen (secondary N) is 1. The smallest absolute Gasteiger partial charge is 0.306 e. The number of imidazole rings is 1. The number of hydrogen-bond donors (Lipinski definition) is 1. The number of fused-ring (bicyclic) bond motifs is 1. The predicted octanol–water partition coefficient (Wildman–Crippen LogP) is 4.47. The van der Waals surface area contributed by atoms with Gasteiger partial charge in [0.2, 0.25) is 0 Å². The van der Waals surface area contributed by atoms with E-state index in [2.05, 4.69) is 9.88 Å². The quantitative estimate of drug-likeness (QED) is 0.446. The van der Waals surface area contributed by atoms with Crippen molar-refractivity contribution in [3.8, 4) is 0 Å². The van der Waals surface area contributed by atoms with Gasteiger partial charge in [0.05, 0.1) is 16.6 Å². The van der Waals surface area contributed by atoms with E-state index in [0.29, 0.717) is 36.9 Å². The molecular formula is C23H23F4N3O2. The summed E-state index contributed by atoms with van der Waals surface area (Å²) < 4.78 is 53.2. The van der Waals surface area contributed by atoms with Crippen molar-refractivity contribution in [1.29, 1.82) is 0 Å². The number of ketones is 1. The maximum Gasteiger partial charge on any atom is 0.416 e. The van der Waals surface area contributed by atoms with Gasteiger partial charge in [0.1, 0.15) is 5.82 Å². The van der Waals surface area contributed by atoms with Gasteiger partial charge < -0.3 is 9.88 Å². The summed E-state index contributed by atoms with van der Waals surface area (Å²) >= 11 is 0. The maximum atomic E-state index is 13.1. The molecule has 2 heterocycles. The number of piperidine rings is 1. The highest BCUT2D eigenvalue weighted by molar-refractivity contribution is 5.97. The molecule has 1 aromatic heterocycles. The number of H-pyrrole nitrogens is 1. The van der Waals surface area contributed by atoms with Gasteiger partial charge >= 0.3 is 11.9 Å². The van der Waals surface area contributed by atoms with Gasteiger partial charge in [0.15, 0.2) is 5.78 Å². The minimum absolute atomic E-state index is 0.0354. The average Bonchev–Trinajstić information content (AvgIpc) is 3.08. The summed E-state index contributed by atoms with van der Waals surface area (Å²) in [5.74, 6) is -0.421. The second-order valence-corrected chi connectivity index (χ2v) is 8.15. The summed E-state index contributed by atoms with van der Waals surface area (Å²) in [7, 11) is 0. The van der Waals surface area contributed by atoms with Crippen molar-refractivity contribution in [3.63, 3.8) is 0 Å². The number of hydrogen-bond acceptors (Lipinski definition) is 3. The first-order valence-corrected chi connectivity index (χ1v) is 10.5. The Hall–Kier alpha value is -2.94. The molecule has 1 aliphatic heterocycles. The zero-order valence-electron chi connectivity index (χ0n) is 17.3. The molecule has 1 aliphatic rings. The van der Waals surface area contributed by atoms with E-state index in [4.69, 9.17) is 0 Å². The molecule has 5 nitrogen and oxygen atoms in total. The van der Waals surface area contributed by atoms with E-state index < -0.39 is 17.4 Å². The van der Waals surface area contributed by atoms with Crippen LogP contribution in [0.1, 0.15) is 35.2 Å². The first-order chi connectivity index (χ1) is 15.2. The second kappa shape index (κ2) is 8.90. The van der Waals surface area contributed by atoms with E-state index in [1.54, 1.807) is 0 Å². The summed E-state index contributed by atoms with van der Waals surface area (Å²) in [5, 5.41) is 0. The Kier molecular flexibility index (Phi) is 6.19. The summed E-state index contributed by atoms with van der Waals surface area (Å²) in [5.41, 5.74) is -0.0758. The van der Waals surface area contributed by atoms with Crippen molar-refractivity contribution in [3.05, 3.63) is 69.9 Å². The standard InChI is InChI=1S/C23H23F4N3O2/c24-18-5-2-15(3-6-18)21(31)16-8-12-29(13-9-16)10-1-11-30-20-7-4-17(23(25,26)27)14-19(20)28-22(30)32/h2-7,14,16H,1,8-13H2,(H,28,32). The monoisotopic (exact) mass is 449 g/mol. The summed E-state index contributed by atoms with van der Waals surface area (Å²) in [4.78, 5) is 29.5. The molecule has 9 heteroatoms. The number of rotatable bonds is 6. The number of halogens is 4. The molecule has 4 rings (SSSR count). The van der Waals surface area contributed by atoms with Crippen molar-refractivity contribution < 1.29 is 22.4 Å². The number of alkyl halides is 3. The molecule has 0 radical (unpaired) electrons. The Balaban J connectivity index is 1.31. The number of Topliss-reactive ketones (excluding diaryl/α,β-unsaturated/α-hetero) is 1. The predicted molar refractivity (Wildman–Crippen MR) is 112 cm³/mol. The van der Waals surface area contributed by atoms with E-state index in [0.717, 1.165) is 31.8 Å². The van der Waals surface area contributed by atoms with Crippen LogP contribution in [0, 0.1) is 11.7 Å². The number of carbonyl (C=O) groups excluding carboxylic acids is 1. The zero-order chi connectivity index (χ0) is 22.9. The molecule has 32 heavy (non-hydrogen) atoms. The van der Waals surface area contributed by atoms with E-state index in [-0.39, 0.29) is 23.0 Å². The topological polar surface area (TPSA) is 58.1 Å². The Labute approximate surface area is 181 Å². The Morgan fingerprint density at radius 2 is 1.72 bits per heavy atom. The normalized spacial score (nSPS) is 16.0. The fourth-order valence-electron chi connectivity index (χ4n) is 4.28. The molecule has 0 bridgehead atoms. The number of aryl methyl sites for hydroxylation is 1. The molecule has 2 aromatic carbocycles. The molecule has 0 atom stereocenters. The van der Waals surface area contributed by atoms with E-state index in [1.165, 1.54) is 34.9 Å². The third-order valence-corrected chi connectivity index (χ3v) is 6.04. The van der Waals surface area contributed by atoms with Crippen molar-refractivity contribution in [2.24, 2.45) is 5.92 Å². The molecule has 170 valence electrons. The Morgan fingerprint density at radius 1 is 1.03 bits per heavy atom. The molecule has 0 saturated carbocycles. The number of carbonyl (C=O) groups is 1. The number of aromatic amines is 1. The van der Waals surface area contributed by atoms with Gasteiger partial charge in [-0.25, -0.2) is 9.18 Å². The lowest BCUT2D eigenvalue weighted by molar-refractivity contribution is -0.137. The van der Waals surface area contributed by atoms with E-state index in [9.17, 15) is 27.2 Å². The van der Waals surface area contributed by atoms with Gasteiger partial charge in [-0.1, -0.05) is 0 Å². The Morgan fingerprint density at radius 3 is 2.38 bits per heavy atom. The van der Waals surface area contributed by atoms with Crippen LogP contribution in [0.4, 0.5) is 17.6 Å². The van der Waals surface area contributed by atoms with Crippen LogP contribution >= 0.6 is 0 Å². The van der Waals surface area contributed by atoms with Crippen molar-refractivity contribution in [1.82, 2.24) is 14.5 Å². The fraction of sp³-hybridized carbons (Fsp3) is 0.391. The number of benzene rings is 2. The highest BCUT2D eigenvalue weighted by Gasteiger charge is 2.31.